The lowest BCUT2D eigenvalue weighted by molar-refractivity contribution is 0.178. The summed E-state index contributed by atoms with van der Waals surface area (Å²) in [5.41, 5.74) is 6.90. The highest BCUT2D eigenvalue weighted by molar-refractivity contribution is 6.30. The highest BCUT2D eigenvalue weighted by atomic mass is 35.5. The van der Waals surface area contributed by atoms with Gasteiger partial charge in [-0.2, -0.15) is 0 Å². The molecule has 0 spiro atoms. The molecule has 1 fully saturated rings. The van der Waals surface area contributed by atoms with Gasteiger partial charge in [-0.25, -0.2) is 0 Å². The van der Waals surface area contributed by atoms with Gasteiger partial charge in [0.25, 0.3) is 0 Å². The lowest BCUT2D eigenvalue weighted by Crippen LogP contribution is -2.36. The van der Waals surface area contributed by atoms with E-state index in [2.05, 4.69) is 0 Å². The maximum absolute atomic E-state index is 6.17. The van der Waals surface area contributed by atoms with Gasteiger partial charge in [0.2, 0.25) is 0 Å². The number of benzene rings is 1. The van der Waals surface area contributed by atoms with Gasteiger partial charge < -0.3 is 10.5 Å². The summed E-state index contributed by atoms with van der Waals surface area (Å²) < 4.78 is 5.29. The molecule has 2 N–H and O–H groups in total. The number of hydrogen-bond acceptors (Lipinski definition) is 2. The minimum absolute atomic E-state index is 0. The van der Waals surface area contributed by atoms with E-state index in [1.54, 1.807) is 0 Å². The Morgan fingerprint density at radius 2 is 2.21 bits per heavy atom. The van der Waals surface area contributed by atoms with E-state index in [4.69, 9.17) is 22.1 Å². The van der Waals surface area contributed by atoms with Crippen molar-refractivity contribution in [2.24, 2.45) is 5.73 Å². The van der Waals surface area contributed by atoms with Crippen LogP contribution in [0.25, 0.3) is 0 Å². The zero-order valence-corrected chi connectivity index (χ0v) is 9.27. The van der Waals surface area contributed by atoms with Gasteiger partial charge in [0.15, 0.2) is 0 Å². The smallest absolute Gasteiger partial charge is 0.0689 e. The first kappa shape index (κ1) is 11.8. The van der Waals surface area contributed by atoms with Gasteiger partial charge in [-0.05, 0) is 24.1 Å². The van der Waals surface area contributed by atoms with E-state index in [-0.39, 0.29) is 17.9 Å². The Morgan fingerprint density at radius 3 is 2.79 bits per heavy atom. The van der Waals surface area contributed by atoms with Crippen molar-refractivity contribution in [2.45, 2.75) is 12.0 Å². The Labute approximate surface area is 94.8 Å². The van der Waals surface area contributed by atoms with Crippen LogP contribution in [0.3, 0.4) is 0 Å². The molecule has 1 aromatic rings. The molecule has 0 saturated carbocycles. The third-order valence-corrected chi connectivity index (χ3v) is 2.69. The molecule has 2 rings (SSSR count). The maximum atomic E-state index is 6.17. The lowest BCUT2D eigenvalue weighted by Gasteiger charge is -2.22. The van der Waals surface area contributed by atoms with Gasteiger partial charge in [0.05, 0.1) is 12.1 Å². The highest BCUT2D eigenvalue weighted by Gasteiger charge is 2.32. The summed E-state index contributed by atoms with van der Waals surface area (Å²) >= 11 is 5.89. The van der Waals surface area contributed by atoms with Crippen molar-refractivity contribution in [1.82, 2.24) is 0 Å². The second-order valence-corrected chi connectivity index (χ2v) is 3.91. The zero-order valence-electron chi connectivity index (χ0n) is 7.70. The van der Waals surface area contributed by atoms with Crippen LogP contribution in [0.2, 0.25) is 5.02 Å². The molecule has 1 aliphatic rings. The van der Waals surface area contributed by atoms with Gasteiger partial charge in [-0.3, -0.25) is 0 Å². The molecule has 2 nitrogen and oxygen atoms in total. The number of nitrogens with two attached hydrogens (primary N) is 1. The first-order chi connectivity index (χ1) is 6.21. The van der Waals surface area contributed by atoms with Gasteiger partial charge in [0, 0.05) is 11.6 Å². The van der Waals surface area contributed by atoms with Crippen molar-refractivity contribution >= 4 is 24.0 Å². The van der Waals surface area contributed by atoms with Gasteiger partial charge >= 0.3 is 0 Å². The van der Waals surface area contributed by atoms with E-state index in [1.165, 1.54) is 0 Å². The molecule has 1 saturated heterocycles. The molecule has 1 unspecified atom stereocenters. The van der Waals surface area contributed by atoms with Crippen LogP contribution in [0.15, 0.2) is 24.3 Å². The second-order valence-electron chi connectivity index (χ2n) is 3.47. The molecule has 14 heavy (non-hydrogen) atoms. The van der Waals surface area contributed by atoms with Crippen molar-refractivity contribution in [3.8, 4) is 0 Å². The molecule has 1 aliphatic heterocycles. The number of ether oxygens (including phenoxy) is 1. The first-order valence-electron chi connectivity index (χ1n) is 4.33. The van der Waals surface area contributed by atoms with Crippen LogP contribution >= 0.6 is 24.0 Å². The predicted molar refractivity (Wildman–Crippen MR) is 60.0 cm³/mol. The summed E-state index contributed by atoms with van der Waals surface area (Å²) in [5.74, 6) is 0. The van der Waals surface area contributed by atoms with Gasteiger partial charge in [-0.1, -0.05) is 23.7 Å². The number of halogens is 2. The fraction of sp³-hybridized carbons (Fsp3) is 0.400. The SMILES string of the molecule is Cl.NC1(c2cccc(Cl)c2)CCOC1. The Morgan fingerprint density at radius 1 is 1.43 bits per heavy atom. The lowest BCUT2D eigenvalue weighted by atomic mass is 9.90. The molecule has 4 heteroatoms. The molecule has 1 aromatic carbocycles. The summed E-state index contributed by atoms with van der Waals surface area (Å²) in [6.07, 6.45) is 0.868. The van der Waals surface area contributed by atoms with Crippen LogP contribution in [0.5, 0.6) is 0 Å². The van der Waals surface area contributed by atoms with Crippen LogP contribution in [0.4, 0.5) is 0 Å². The van der Waals surface area contributed by atoms with E-state index in [0.29, 0.717) is 6.61 Å². The van der Waals surface area contributed by atoms with Crippen molar-refractivity contribution in [3.05, 3.63) is 34.9 Å². The summed E-state index contributed by atoms with van der Waals surface area (Å²) in [6, 6.07) is 7.69. The molecule has 0 radical (unpaired) electrons. The van der Waals surface area contributed by atoms with E-state index < -0.39 is 0 Å². The largest absolute Gasteiger partial charge is 0.379 e. The monoisotopic (exact) mass is 233 g/mol. The third kappa shape index (κ3) is 2.20. The molecular formula is C10H13Cl2NO. The number of rotatable bonds is 1. The zero-order chi connectivity index (χ0) is 9.31. The summed E-state index contributed by atoms with van der Waals surface area (Å²) in [4.78, 5) is 0. The summed E-state index contributed by atoms with van der Waals surface area (Å²) in [7, 11) is 0. The quantitative estimate of drug-likeness (QED) is 0.809. The van der Waals surface area contributed by atoms with E-state index >= 15 is 0 Å². The Hall–Kier alpha value is -0.280. The highest BCUT2D eigenvalue weighted by Crippen LogP contribution is 2.28. The molecule has 0 aromatic heterocycles. The predicted octanol–water partition coefficient (Wildman–Crippen LogP) is 2.34. The van der Waals surface area contributed by atoms with Crippen molar-refractivity contribution in [1.29, 1.82) is 0 Å². The van der Waals surface area contributed by atoms with Crippen LogP contribution < -0.4 is 5.73 Å². The van der Waals surface area contributed by atoms with Crippen LogP contribution in [0, 0.1) is 0 Å². The molecule has 0 aliphatic carbocycles. The molecule has 1 atom stereocenters. The van der Waals surface area contributed by atoms with Crippen molar-refractivity contribution < 1.29 is 4.74 Å². The van der Waals surface area contributed by atoms with Crippen LogP contribution in [-0.4, -0.2) is 13.2 Å². The molecule has 0 amide bonds. The molecular weight excluding hydrogens is 221 g/mol. The standard InChI is InChI=1S/C10H12ClNO.ClH/c11-9-3-1-2-8(6-9)10(12)4-5-13-7-10;/h1-3,6H,4-5,7,12H2;1H. The Bertz CT molecular complexity index is 311. The second kappa shape index (κ2) is 4.49. The molecule has 1 heterocycles. The molecule has 0 bridgehead atoms. The topological polar surface area (TPSA) is 35.2 Å². The Balaban J connectivity index is 0.000000980. The van der Waals surface area contributed by atoms with E-state index in [1.807, 2.05) is 24.3 Å². The minimum Gasteiger partial charge on any atom is -0.379 e. The van der Waals surface area contributed by atoms with Crippen molar-refractivity contribution in [3.63, 3.8) is 0 Å². The summed E-state index contributed by atoms with van der Waals surface area (Å²) in [6.45, 7) is 1.33. The maximum Gasteiger partial charge on any atom is 0.0689 e. The average Bonchev–Trinajstić information content (AvgIpc) is 2.54. The van der Waals surface area contributed by atoms with Crippen LogP contribution in [-0.2, 0) is 10.3 Å². The normalized spacial score (nSPS) is 25.9. The van der Waals surface area contributed by atoms with E-state index in [9.17, 15) is 0 Å². The van der Waals surface area contributed by atoms with Crippen molar-refractivity contribution in [2.75, 3.05) is 13.2 Å². The first-order valence-corrected chi connectivity index (χ1v) is 4.71. The summed E-state index contributed by atoms with van der Waals surface area (Å²) in [5, 5.41) is 0.731. The van der Waals surface area contributed by atoms with Gasteiger partial charge in [-0.15, -0.1) is 12.4 Å². The minimum atomic E-state index is -0.328. The third-order valence-electron chi connectivity index (χ3n) is 2.45. The van der Waals surface area contributed by atoms with Gasteiger partial charge in [0.1, 0.15) is 0 Å². The molecule has 78 valence electrons. The average molecular weight is 234 g/mol. The fourth-order valence-electron chi connectivity index (χ4n) is 1.61. The van der Waals surface area contributed by atoms with Crippen LogP contribution in [0.1, 0.15) is 12.0 Å². The van der Waals surface area contributed by atoms with E-state index in [0.717, 1.165) is 23.6 Å². The Kier molecular flexibility index (Phi) is 3.78. The number of hydrogen-bond donors (Lipinski definition) is 1. The fourth-order valence-corrected chi connectivity index (χ4v) is 1.80.